The van der Waals surface area contributed by atoms with Crippen LogP contribution < -0.4 is 5.32 Å². The minimum Gasteiger partial charge on any atom is -0.360 e. The van der Waals surface area contributed by atoms with E-state index >= 15 is 0 Å². The lowest BCUT2D eigenvalue weighted by Gasteiger charge is -1.92. The monoisotopic (exact) mass is 297 g/mol. The molecule has 0 aliphatic heterocycles. The Bertz CT molecular complexity index is 612. The van der Waals surface area contributed by atoms with Crippen LogP contribution in [-0.2, 0) is 5.75 Å². The van der Waals surface area contributed by atoms with Gasteiger partial charge in [0.15, 0.2) is 9.30 Å². The second-order valence-electron chi connectivity index (χ2n) is 3.52. The number of hydrogen-bond acceptors (Lipinski definition) is 7. The molecule has 0 spiro atoms. The van der Waals surface area contributed by atoms with Gasteiger partial charge in [-0.2, -0.15) is 0 Å². The molecule has 0 aliphatic carbocycles. The van der Waals surface area contributed by atoms with Crippen LogP contribution in [0.4, 0.5) is 5.13 Å². The van der Waals surface area contributed by atoms with Crippen LogP contribution in [0.3, 0.4) is 0 Å². The minimum atomic E-state index is 0.829. The molecule has 0 saturated carbocycles. The fraction of sp³-hybridized carbons (Fsp3) is 0.300. The van der Waals surface area contributed by atoms with E-state index in [9.17, 15) is 0 Å². The van der Waals surface area contributed by atoms with Crippen molar-refractivity contribution in [1.29, 1.82) is 0 Å². The molecule has 0 fully saturated rings. The van der Waals surface area contributed by atoms with Crippen LogP contribution in [0, 0.1) is 0 Å². The normalized spacial score (nSPS) is 11.2. The van der Waals surface area contributed by atoms with Gasteiger partial charge in [0.2, 0.25) is 5.13 Å². The van der Waals surface area contributed by atoms with E-state index in [0.29, 0.717) is 0 Å². The van der Waals surface area contributed by atoms with Gasteiger partial charge >= 0.3 is 0 Å². The summed E-state index contributed by atoms with van der Waals surface area (Å²) >= 11 is 4.90. The van der Waals surface area contributed by atoms with E-state index in [0.717, 1.165) is 32.4 Å². The highest BCUT2D eigenvalue weighted by Gasteiger charge is 2.07. The SMILES string of the molecule is CCNc1nnc(SCc2cn3ccsc3n2)s1. The maximum atomic E-state index is 4.53. The van der Waals surface area contributed by atoms with Crippen LogP contribution in [-0.4, -0.2) is 26.1 Å². The van der Waals surface area contributed by atoms with Crippen molar-refractivity contribution in [1.82, 2.24) is 19.6 Å². The molecule has 0 atom stereocenters. The van der Waals surface area contributed by atoms with Crippen molar-refractivity contribution >= 4 is 44.5 Å². The maximum absolute atomic E-state index is 4.53. The summed E-state index contributed by atoms with van der Waals surface area (Å²) in [5, 5.41) is 14.3. The van der Waals surface area contributed by atoms with Crippen LogP contribution in [0.25, 0.3) is 4.96 Å². The average molecular weight is 297 g/mol. The van der Waals surface area contributed by atoms with E-state index in [-0.39, 0.29) is 0 Å². The van der Waals surface area contributed by atoms with Crippen LogP contribution in [0.1, 0.15) is 12.6 Å². The van der Waals surface area contributed by atoms with E-state index in [1.807, 2.05) is 22.9 Å². The highest BCUT2D eigenvalue weighted by molar-refractivity contribution is 8.00. The van der Waals surface area contributed by atoms with E-state index in [1.54, 1.807) is 34.4 Å². The first-order valence-electron chi connectivity index (χ1n) is 5.46. The third kappa shape index (κ3) is 2.50. The van der Waals surface area contributed by atoms with Crippen molar-refractivity contribution in [2.75, 3.05) is 11.9 Å². The Morgan fingerprint density at radius 2 is 2.39 bits per heavy atom. The molecule has 94 valence electrons. The lowest BCUT2D eigenvalue weighted by atomic mass is 10.6. The molecule has 18 heavy (non-hydrogen) atoms. The smallest absolute Gasteiger partial charge is 0.206 e. The molecule has 0 amide bonds. The standard InChI is InChI=1S/C10H11N5S3/c1-2-11-8-13-14-10(18-8)17-6-7-5-15-3-4-16-9(15)12-7/h3-5H,2,6H2,1H3,(H,11,13). The molecule has 3 aromatic rings. The average Bonchev–Trinajstić information content (AvgIpc) is 3.00. The van der Waals surface area contributed by atoms with Gasteiger partial charge in [0.25, 0.3) is 0 Å². The molecule has 3 aromatic heterocycles. The number of rotatable bonds is 5. The molecule has 0 radical (unpaired) electrons. The summed E-state index contributed by atoms with van der Waals surface area (Å²) in [7, 11) is 0. The number of thioether (sulfide) groups is 1. The van der Waals surface area contributed by atoms with Gasteiger partial charge in [-0.1, -0.05) is 23.1 Å². The van der Waals surface area contributed by atoms with E-state index in [1.165, 1.54) is 0 Å². The Morgan fingerprint density at radius 3 is 3.22 bits per heavy atom. The molecular formula is C10H11N5S3. The zero-order valence-corrected chi connectivity index (χ0v) is 12.1. The highest BCUT2D eigenvalue weighted by Crippen LogP contribution is 2.28. The fourth-order valence-corrected chi connectivity index (χ4v) is 3.89. The molecule has 1 N–H and O–H groups in total. The second-order valence-corrected chi connectivity index (χ2v) is 6.59. The van der Waals surface area contributed by atoms with Gasteiger partial charge < -0.3 is 5.32 Å². The van der Waals surface area contributed by atoms with Gasteiger partial charge in [-0.3, -0.25) is 4.40 Å². The van der Waals surface area contributed by atoms with Crippen molar-refractivity contribution in [2.24, 2.45) is 0 Å². The first-order valence-corrected chi connectivity index (χ1v) is 8.14. The fourth-order valence-electron chi connectivity index (χ4n) is 1.47. The van der Waals surface area contributed by atoms with Crippen LogP contribution in [0.5, 0.6) is 0 Å². The van der Waals surface area contributed by atoms with Crippen molar-refractivity contribution in [2.45, 2.75) is 17.0 Å². The quantitative estimate of drug-likeness (QED) is 0.734. The van der Waals surface area contributed by atoms with E-state index < -0.39 is 0 Å². The number of thiazole rings is 1. The number of aromatic nitrogens is 4. The van der Waals surface area contributed by atoms with Gasteiger partial charge in [0, 0.05) is 30.1 Å². The Morgan fingerprint density at radius 1 is 1.44 bits per heavy atom. The predicted octanol–water partition coefficient (Wildman–Crippen LogP) is 2.97. The largest absolute Gasteiger partial charge is 0.360 e. The van der Waals surface area contributed by atoms with E-state index in [2.05, 4.69) is 26.7 Å². The van der Waals surface area contributed by atoms with E-state index in [4.69, 9.17) is 0 Å². The number of anilines is 1. The van der Waals surface area contributed by atoms with Crippen molar-refractivity contribution in [3.63, 3.8) is 0 Å². The molecule has 0 bridgehead atoms. The third-order valence-electron chi connectivity index (χ3n) is 2.22. The minimum absolute atomic E-state index is 0.829. The summed E-state index contributed by atoms with van der Waals surface area (Å²) in [6, 6.07) is 0. The summed E-state index contributed by atoms with van der Waals surface area (Å²) < 4.78 is 3.02. The molecule has 0 unspecified atom stereocenters. The van der Waals surface area contributed by atoms with Crippen LogP contribution in [0.2, 0.25) is 0 Å². The zero-order valence-electron chi connectivity index (χ0n) is 9.66. The first kappa shape index (κ1) is 11.9. The second kappa shape index (κ2) is 5.25. The molecule has 3 rings (SSSR count). The summed E-state index contributed by atoms with van der Waals surface area (Å²) in [6.45, 7) is 2.92. The summed E-state index contributed by atoms with van der Waals surface area (Å²) in [6.07, 6.45) is 4.08. The van der Waals surface area contributed by atoms with Gasteiger partial charge in [-0.25, -0.2) is 4.98 Å². The Kier molecular flexibility index (Phi) is 3.48. The number of nitrogens with one attached hydrogen (secondary N) is 1. The van der Waals surface area contributed by atoms with Crippen molar-refractivity contribution < 1.29 is 0 Å². The first-order chi connectivity index (χ1) is 8.85. The lowest BCUT2D eigenvalue weighted by molar-refractivity contribution is 1.00. The highest BCUT2D eigenvalue weighted by atomic mass is 32.2. The summed E-state index contributed by atoms with van der Waals surface area (Å²) in [4.78, 5) is 5.57. The lowest BCUT2D eigenvalue weighted by Crippen LogP contribution is -1.94. The predicted molar refractivity (Wildman–Crippen MR) is 76.7 cm³/mol. The van der Waals surface area contributed by atoms with Crippen LogP contribution >= 0.6 is 34.4 Å². The Hall–Kier alpha value is -1.12. The maximum Gasteiger partial charge on any atom is 0.206 e. The van der Waals surface area contributed by atoms with Crippen LogP contribution in [0.15, 0.2) is 22.1 Å². The molecule has 0 aromatic carbocycles. The summed E-state index contributed by atoms with van der Waals surface area (Å²) in [5.74, 6) is 0.829. The Balaban J connectivity index is 1.64. The van der Waals surface area contributed by atoms with Gasteiger partial charge in [-0.15, -0.1) is 21.5 Å². The molecule has 8 heteroatoms. The number of hydrogen-bond donors (Lipinski definition) is 1. The zero-order chi connectivity index (χ0) is 12.4. The number of fused-ring (bicyclic) bond motifs is 1. The van der Waals surface area contributed by atoms with Crippen molar-refractivity contribution in [3.05, 3.63) is 23.5 Å². The van der Waals surface area contributed by atoms with Crippen molar-refractivity contribution in [3.8, 4) is 0 Å². The molecule has 5 nitrogen and oxygen atoms in total. The molecule has 3 heterocycles. The molecule has 0 saturated heterocycles. The molecular weight excluding hydrogens is 286 g/mol. The number of nitrogens with zero attached hydrogens (tertiary/aromatic N) is 4. The topological polar surface area (TPSA) is 55.1 Å². The molecule has 0 aliphatic rings. The van der Waals surface area contributed by atoms with Gasteiger partial charge in [0.05, 0.1) is 5.69 Å². The van der Waals surface area contributed by atoms with Gasteiger partial charge in [-0.05, 0) is 6.92 Å². The summed E-state index contributed by atoms with van der Waals surface area (Å²) in [5.41, 5.74) is 1.08. The van der Waals surface area contributed by atoms with Gasteiger partial charge in [0.1, 0.15) is 0 Å². The Labute approximate surface area is 116 Å². The third-order valence-corrected chi connectivity index (χ3v) is 5.04. The number of imidazole rings is 1.